The maximum atomic E-state index is 3.74. The van der Waals surface area contributed by atoms with E-state index in [9.17, 15) is 0 Å². The largest absolute Gasteiger partial charge is 0.310 e. The van der Waals surface area contributed by atoms with Gasteiger partial charge in [0, 0.05) is 10.5 Å². The Hall–Kier alpha value is -1.12. The zero-order valence-electron chi connectivity index (χ0n) is 12.4. The molecule has 106 valence electrons. The smallest absolute Gasteiger partial charge is 0.0372 e. The van der Waals surface area contributed by atoms with Crippen LogP contribution in [-0.4, -0.2) is 6.54 Å². The Bertz CT molecular complexity index is 577. The molecule has 0 saturated carbocycles. The molecule has 0 fully saturated rings. The second-order valence-corrected chi connectivity index (χ2v) is 6.07. The number of aryl methyl sites for hydroxylation is 2. The molecule has 2 rings (SSSR count). The first-order chi connectivity index (χ1) is 9.61. The average Bonchev–Trinajstić information content (AvgIpc) is 2.42. The Morgan fingerprint density at radius 1 is 1.10 bits per heavy atom. The van der Waals surface area contributed by atoms with Crippen molar-refractivity contribution in [3.63, 3.8) is 0 Å². The van der Waals surface area contributed by atoms with Crippen molar-refractivity contribution < 1.29 is 0 Å². The first kappa shape index (κ1) is 15.3. The Kier molecular flexibility index (Phi) is 5.38. The lowest BCUT2D eigenvalue weighted by Crippen LogP contribution is -2.23. The molecular weight excluding hydrogens is 310 g/mol. The van der Waals surface area contributed by atoms with E-state index in [-0.39, 0.29) is 0 Å². The molecule has 0 radical (unpaired) electrons. The highest BCUT2D eigenvalue weighted by atomic mass is 79.9. The summed E-state index contributed by atoms with van der Waals surface area (Å²) in [4.78, 5) is 0. The molecule has 20 heavy (non-hydrogen) atoms. The van der Waals surface area contributed by atoms with Gasteiger partial charge in [-0.15, -0.1) is 0 Å². The van der Waals surface area contributed by atoms with Crippen molar-refractivity contribution in [1.82, 2.24) is 5.32 Å². The molecule has 0 amide bonds. The number of nitrogens with one attached hydrogen (secondary N) is 1. The highest BCUT2D eigenvalue weighted by Gasteiger charge is 2.15. The Morgan fingerprint density at radius 3 is 2.55 bits per heavy atom. The van der Waals surface area contributed by atoms with Crippen LogP contribution < -0.4 is 5.32 Å². The number of benzene rings is 2. The molecule has 0 saturated heterocycles. The van der Waals surface area contributed by atoms with Crippen LogP contribution in [0.25, 0.3) is 0 Å². The number of likely N-dealkylation sites (N-methyl/N-ethyl adjacent to an activating group) is 1. The normalized spacial score (nSPS) is 12.4. The van der Waals surface area contributed by atoms with Crippen molar-refractivity contribution in [3.05, 3.63) is 69.2 Å². The predicted octanol–water partition coefficient (Wildman–Crippen LogP) is 4.96. The fraction of sp³-hybridized carbons (Fsp3) is 0.333. The van der Waals surface area contributed by atoms with E-state index in [1.165, 1.54) is 26.7 Å². The third-order valence-electron chi connectivity index (χ3n) is 3.57. The van der Waals surface area contributed by atoms with E-state index in [0.717, 1.165) is 13.0 Å². The minimum Gasteiger partial charge on any atom is -0.310 e. The molecule has 0 aliphatic rings. The van der Waals surface area contributed by atoms with Gasteiger partial charge in [0.2, 0.25) is 0 Å². The minimum atomic E-state index is 0.344. The predicted molar refractivity (Wildman–Crippen MR) is 90.2 cm³/mol. The number of hydrogen-bond acceptors (Lipinski definition) is 1. The molecule has 0 aliphatic carbocycles. The third-order valence-corrected chi connectivity index (χ3v) is 4.65. The Balaban J connectivity index is 2.29. The van der Waals surface area contributed by atoms with Crippen molar-refractivity contribution in [3.8, 4) is 0 Å². The van der Waals surface area contributed by atoms with E-state index in [0.29, 0.717) is 6.04 Å². The van der Waals surface area contributed by atoms with Crippen LogP contribution in [0.5, 0.6) is 0 Å². The van der Waals surface area contributed by atoms with E-state index in [4.69, 9.17) is 0 Å². The maximum absolute atomic E-state index is 3.74. The second kappa shape index (κ2) is 7.05. The molecule has 0 aliphatic heterocycles. The van der Waals surface area contributed by atoms with E-state index in [1.54, 1.807) is 0 Å². The first-order valence-corrected chi connectivity index (χ1v) is 7.95. The topological polar surface area (TPSA) is 12.0 Å². The van der Waals surface area contributed by atoms with Gasteiger partial charge in [-0.25, -0.2) is 0 Å². The molecule has 0 bridgehead atoms. The van der Waals surface area contributed by atoms with Gasteiger partial charge in [0.15, 0.2) is 0 Å². The lowest BCUT2D eigenvalue weighted by Gasteiger charge is -2.21. The van der Waals surface area contributed by atoms with E-state index >= 15 is 0 Å². The number of rotatable bonds is 5. The molecule has 1 atom stereocenters. The van der Waals surface area contributed by atoms with Crippen LogP contribution in [0.15, 0.2) is 46.9 Å². The highest BCUT2D eigenvalue weighted by Crippen LogP contribution is 2.29. The van der Waals surface area contributed by atoms with Crippen LogP contribution in [0, 0.1) is 13.8 Å². The highest BCUT2D eigenvalue weighted by molar-refractivity contribution is 9.10. The van der Waals surface area contributed by atoms with Crippen LogP contribution in [0.4, 0.5) is 0 Å². The van der Waals surface area contributed by atoms with Crippen molar-refractivity contribution in [2.24, 2.45) is 0 Å². The zero-order chi connectivity index (χ0) is 14.5. The van der Waals surface area contributed by atoms with Gasteiger partial charge < -0.3 is 5.32 Å². The molecule has 1 N–H and O–H groups in total. The monoisotopic (exact) mass is 331 g/mol. The van der Waals surface area contributed by atoms with Gasteiger partial charge in [-0.05, 0) is 43.5 Å². The molecule has 0 spiro atoms. The quantitative estimate of drug-likeness (QED) is 0.816. The summed E-state index contributed by atoms with van der Waals surface area (Å²) >= 11 is 3.74. The van der Waals surface area contributed by atoms with Gasteiger partial charge in [0.05, 0.1) is 0 Å². The zero-order valence-corrected chi connectivity index (χ0v) is 14.0. The summed E-state index contributed by atoms with van der Waals surface area (Å²) in [6.45, 7) is 7.42. The van der Waals surface area contributed by atoms with Crippen LogP contribution in [-0.2, 0) is 6.42 Å². The summed E-state index contributed by atoms with van der Waals surface area (Å²) in [5.41, 5.74) is 5.33. The van der Waals surface area contributed by atoms with Gasteiger partial charge in [0.1, 0.15) is 0 Å². The SMILES string of the molecule is CCNC(Cc1cccc(C)c1)c1cccc(C)c1Br. The molecule has 2 heteroatoms. The van der Waals surface area contributed by atoms with E-state index < -0.39 is 0 Å². The molecule has 1 nitrogen and oxygen atoms in total. The van der Waals surface area contributed by atoms with Gasteiger partial charge in [-0.2, -0.15) is 0 Å². The summed E-state index contributed by atoms with van der Waals surface area (Å²) in [6, 6.07) is 15.6. The summed E-state index contributed by atoms with van der Waals surface area (Å²) in [5, 5.41) is 3.60. The van der Waals surface area contributed by atoms with E-state index in [2.05, 4.69) is 84.5 Å². The second-order valence-electron chi connectivity index (χ2n) is 5.28. The summed E-state index contributed by atoms with van der Waals surface area (Å²) in [5.74, 6) is 0. The van der Waals surface area contributed by atoms with Gasteiger partial charge in [0.25, 0.3) is 0 Å². The van der Waals surface area contributed by atoms with Gasteiger partial charge in [-0.3, -0.25) is 0 Å². The van der Waals surface area contributed by atoms with Crippen LogP contribution >= 0.6 is 15.9 Å². The average molecular weight is 332 g/mol. The molecule has 2 aromatic carbocycles. The molecule has 0 aromatic heterocycles. The van der Waals surface area contributed by atoms with Crippen molar-refractivity contribution >= 4 is 15.9 Å². The maximum Gasteiger partial charge on any atom is 0.0372 e. The number of hydrogen-bond donors (Lipinski definition) is 1. The minimum absolute atomic E-state index is 0.344. The van der Waals surface area contributed by atoms with Crippen LogP contribution in [0.3, 0.4) is 0 Å². The van der Waals surface area contributed by atoms with Gasteiger partial charge in [-0.1, -0.05) is 70.9 Å². The standard InChI is InChI=1S/C18H22BrN/c1-4-20-17(12-15-9-5-7-13(2)11-15)16-10-6-8-14(3)18(16)19/h5-11,17,20H,4,12H2,1-3H3. The Morgan fingerprint density at radius 2 is 1.85 bits per heavy atom. The summed E-state index contributed by atoms with van der Waals surface area (Å²) in [7, 11) is 0. The third kappa shape index (κ3) is 3.71. The lowest BCUT2D eigenvalue weighted by atomic mass is 9.96. The first-order valence-electron chi connectivity index (χ1n) is 7.15. The lowest BCUT2D eigenvalue weighted by molar-refractivity contribution is 0.547. The van der Waals surface area contributed by atoms with Crippen molar-refractivity contribution in [2.45, 2.75) is 33.2 Å². The fourth-order valence-corrected chi connectivity index (χ4v) is 3.09. The van der Waals surface area contributed by atoms with Crippen LogP contribution in [0.2, 0.25) is 0 Å². The molecular formula is C18H22BrN. The number of halogens is 1. The fourth-order valence-electron chi connectivity index (χ4n) is 2.55. The van der Waals surface area contributed by atoms with E-state index in [1.807, 2.05) is 0 Å². The van der Waals surface area contributed by atoms with Crippen LogP contribution in [0.1, 0.15) is 35.2 Å². The van der Waals surface area contributed by atoms with Crippen molar-refractivity contribution in [2.75, 3.05) is 6.54 Å². The van der Waals surface area contributed by atoms with Gasteiger partial charge >= 0.3 is 0 Å². The molecule has 2 aromatic rings. The molecule has 1 unspecified atom stereocenters. The summed E-state index contributed by atoms with van der Waals surface area (Å²) < 4.78 is 1.22. The Labute approximate surface area is 130 Å². The molecule has 0 heterocycles. The summed E-state index contributed by atoms with van der Waals surface area (Å²) in [6.07, 6.45) is 1.01. The van der Waals surface area contributed by atoms with Crippen molar-refractivity contribution in [1.29, 1.82) is 0 Å².